The van der Waals surface area contributed by atoms with Crippen molar-refractivity contribution >= 4 is 13.4 Å². The highest BCUT2D eigenvalue weighted by atomic mass is 31.2. The summed E-state index contributed by atoms with van der Waals surface area (Å²) in [5.41, 5.74) is 2.26. The lowest BCUT2D eigenvalue weighted by molar-refractivity contribution is 0.361. The Balaban J connectivity index is 2.83. The topological polar surface area (TPSA) is 90.8 Å². The molecule has 0 aliphatic rings. The molecule has 0 aromatic heterocycles. The van der Waals surface area contributed by atoms with E-state index < -0.39 is 13.6 Å². The highest BCUT2D eigenvalue weighted by Crippen LogP contribution is 2.30. The van der Waals surface area contributed by atoms with Crippen LogP contribution in [0.5, 0.6) is 5.75 Å². The molecule has 1 aromatic carbocycles. The lowest BCUT2D eigenvalue weighted by atomic mass is 10.3. The lowest BCUT2D eigenvalue weighted by Crippen LogP contribution is -2.18. The number of methoxy groups -OCH3 is 1. The summed E-state index contributed by atoms with van der Waals surface area (Å²) in [5, 5.41) is 1.71. The van der Waals surface area contributed by atoms with E-state index in [1.807, 2.05) is 0 Å². The molecule has 0 amide bonds. The van der Waals surface area contributed by atoms with Crippen LogP contribution in [-0.2, 0) is 4.57 Å². The Hall–Kier alpha value is -1.14. The molecular formula is C7H10FN2O4P. The maximum atomic E-state index is 12.8. The van der Waals surface area contributed by atoms with Crippen molar-refractivity contribution in [1.82, 2.24) is 5.20 Å². The number of ether oxygens (including phenoxy) is 1. The second-order valence-corrected chi connectivity index (χ2v) is 3.94. The van der Waals surface area contributed by atoms with Gasteiger partial charge in [-0.3, -0.25) is 0 Å². The van der Waals surface area contributed by atoms with Gasteiger partial charge in [-0.05, 0) is 12.1 Å². The van der Waals surface area contributed by atoms with Gasteiger partial charge in [-0.1, -0.05) is 0 Å². The highest BCUT2D eigenvalue weighted by molar-refractivity contribution is 7.49. The molecule has 1 rings (SSSR count). The standard InChI is InChI=1S/C7H10FN2O4P/c1-14-7-3-2-5(8)4-6(7)9-10-15(11,12)13/h2-4,9H,1H3,(H3,10,11,12,13). The van der Waals surface area contributed by atoms with E-state index in [0.29, 0.717) is 0 Å². The Bertz CT molecular complexity index is 395. The first-order valence-corrected chi connectivity index (χ1v) is 5.46. The Morgan fingerprint density at radius 2 is 2.13 bits per heavy atom. The van der Waals surface area contributed by atoms with Crippen LogP contribution in [0, 0.1) is 5.82 Å². The van der Waals surface area contributed by atoms with Crippen molar-refractivity contribution in [1.29, 1.82) is 0 Å². The van der Waals surface area contributed by atoms with Crippen LogP contribution in [0.25, 0.3) is 0 Å². The van der Waals surface area contributed by atoms with Crippen molar-refractivity contribution in [3.8, 4) is 5.75 Å². The molecule has 0 heterocycles. The van der Waals surface area contributed by atoms with Gasteiger partial charge in [-0.2, -0.15) is 0 Å². The largest absolute Gasteiger partial charge is 0.495 e. The molecule has 0 saturated carbocycles. The molecule has 0 bridgehead atoms. The van der Waals surface area contributed by atoms with Gasteiger partial charge in [0.2, 0.25) is 0 Å². The molecule has 0 fully saturated rings. The van der Waals surface area contributed by atoms with Gasteiger partial charge in [0.25, 0.3) is 0 Å². The monoisotopic (exact) mass is 236 g/mol. The molecular weight excluding hydrogens is 226 g/mol. The van der Waals surface area contributed by atoms with Gasteiger partial charge in [0.1, 0.15) is 11.6 Å². The average Bonchev–Trinajstić information content (AvgIpc) is 2.14. The molecule has 8 heteroatoms. The molecule has 0 spiro atoms. The minimum absolute atomic E-state index is 0.0980. The highest BCUT2D eigenvalue weighted by Gasteiger charge is 2.12. The number of hydrogen-bond donors (Lipinski definition) is 4. The van der Waals surface area contributed by atoms with Crippen LogP contribution >= 0.6 is 7.75 Å². The third-order valence-electron chi connectivity index (χ3n) is 1.50. The van der Waals surface area contributed by atoms with Crippen LogP contribution in [0.1, 0.15) is 0 Å². The molecule has 0 radical (unpaired) electrons. The van der Waals surface area contributed by atoms with Crippen molar-refractivity contribution < 1.29 is 23.5 Å². The molecule has 84 valence electrons. The van der Waals surface area contributed by atoms with Crippen LogP contribution in [0.2, 0.25) is 0 Å². The predicted octanol–water partition coefficient (Wildman–Crippen LogP) is 0.843. The summed E-state index contributed by atoms with van der Waals surface area (Å²) >= 11 is 0. The van der Waals surface area contributed by atoms with E-state index in [1.165, 1.54) is 19.2 Å². The van der Waals surface area contributed by atoms with E-state index in [2.05, 4.69) is 5.43 Å². The third kappa shape index (κ3) is 3.85. The summed E-state index contributed by atoms with van der Waals surface area (Å²) in [5.74, 6) is -0.289. The van der Waals surface area contributed by atoms with E-state index in [-0.39, 0.29) is 11.4 Å². The summed E-state index contributed by atoms with van der Waals surface area (Å²) in [7, 11) is -3.06. The van der Waals surface area contributed by atoms with Gasteiger partial charge in [-0.25, -0.2) is 8.96 Å². The first kappa shape index (κ1) is 11.9. The number of hydrazine groups is 1. The minimum atomic E-state index is -4.42. The predicted molar refractivity (Wildman–Crippen MR) is 51.8 cm³/mol. The lowest BCUT2D eigenvalue weighted by Gasteiger charge is -2.12. The van der Waals surface area contributed by atoms with Crippen LogP contribution in [-0.4, -0.2) is 16.9 Å². The molecule has 0 aliphatic carbocycles. The zero-order chi connectivity index (χ0) is 11.5. The maximum Gasteiger partial charge on any atom is 0.417 e. The third-order valence-corrected chi connectivity index (χ3v) is 1.90. The number of nitrogens with one attached hydrogen (secondary N) is 2. The summed E-state index contributed by atoms with van der Waals surface area (Å²) < 4.78 is 28.1. The first-order chi connectivity index (χ1) is 6.92. The molecule has 0 aliphatic heterocycles. The van der Waals surface area contributed by atoms with Gasteiger partial charge < -0.3 is 19.9 Å². The summed E-state index contributed by atoms with van der Waals surface area (Å²) in [6.45, 7) is 0. The van der Waals surface area contributed by atoms with Crippen LogP contribution in [0.4, 0.5) is 10.1 Å². The Morgan fingerprint density at radius 3 is 2.67 bits per heavy atom. The normalized spacial score (nSPS) is 11.2. The van der Waals surface area contributed by atoms with Crippen molar-refractivity contribution in [2.75, 3.05) is 12.5 Å². The number of hydrogen-bond acceptors (Lipinski definition) is 3. The molecule has 1 aromatic rings. The van der Waals surface area contributed by atoms with Crippen LogP contribution in [0.3, 0.4) is 0 Å². The average molecular weight is 236 g/mol. The summed E-state index contributed by atoms with van der Waals surface area (Å²) in [6, 6.07) is 3.54. The quantitative estimate of drug-likeness (QED) is 0.457. The number of anilines is 1. The molecule has 15 heavy (non-hydrogen) atoms. The fourth-order valence-electron chi connectivity index (χ4n) is 0.911. The molecule has 4 N–H and O–H groups in total. The maximum absolute atomic E-state index is 12.8. The van der Waals surface area contributed by atoms with Crippen molar-refractivity contribution in [3.63, 3.8) is 0 Å². The summed E-state index contributed by atoms with van der Waals surface area (Å²) in [4.78, 5) is 17.0. The molecule has 0 unspecified atom stereocenters. The van der Waals surface area contributed by atoms with E-state index in [1.54, 1.807) is 5.20 Å². The fraction of sp³-hybridized carbons (Fsp3) is 0.143. The summed E-state index contributed by atoms with van der Waals surface area (Å²) in [6.07, 6.45) is 0. The number of benzene rings is 1. The molecule has 0 atom stereocenters. The Morgan fingerprint density at radius 1 is 1.47 bits per heavy atom. The van der Waals surface area contributed by atoms with Gasteiger partial charge in [-0.15, -0.1) is 5.20 Å². The van der Waals surface area contributed by atoms with E-state index in [4.69, 9.17) is 14.5 Å². The van der Waals surface area contributed by atoms with Gasteiger partial charge in [0.05, 0.1) is 12.8 Å². The second-order valence-electron chi connectivity index (χ2n) is 2.63. The van der Waals surface area contributed by atoms with E-state index in [9.17, 15) is 8.96 Å². The van der Waals surface area contributed by atoms with E-state index >= 15 is 0 Å². The van der Waals surface area contributed by atoms with Crippen molar-refractivity contribution in [2.24, 2.45) is 0 Å². The second kappa shape index (κ2) is 4.59. The molecule has 6 nitrogen and oxygen atoms in total. The first-order valence-electron chi connectivity index (χ1n) is 3.85. The smallest absolute Gasteiger partial charge is 0.417 e. The van der Waals surface area contributed by atoms with Gasteiger partial charge >= 0.3 is 7.75 Å². The number of rotatable bonds is 4. The Kier molecular flexibility index (Phi) is 3.65. The Labute approximate surface area is 85.3 Å². The zero-order valence-corrected chi connectivity index (χ0v) is 8.66. The minimum Gasteiger partial charge on any atom is -0.495 e. The zero-order valence-electron chi connectivity index (χ0n) is 7.77. The molecule has 0 saturated heterocycles. The SMILES string of the molecule is COc1ccc(F)cc1NNP(=O)(O)O. The van der Waals surface area contributed by atoms with Gasteiger partial charge in [0.15, 0.2) is 0 Å². The fourth-order valence-corrected chi connectivity index (χ4v) is 1.18. The van der Waals surface area contributed by atoms with Crippen LogP contribution < -0.4 is 15.4 Å². The number of halogens is 1. The van der Waals surface area contributed by atoms with Crippen molar-refractivity contribution in [3.05, 3.63) is 24.0 Å². The van der Waals surface area contributed by atoms with Crippen molar-refractivity contribution in [2.45, 2.75) is 0 Å². The van der Waals surface area contributed by atoms with Gasteiger partial charge in [0, 0.05) is 6.07 Å². The van der Waals surface area contributed by atoms with Crippen LogP contribution in [0.15, 0.2) is 18.2 Å². The van der Waals surface area contributed by atoms with E-state index in [0.717, 1.165) is 6.07 Å².